The number of thiazole rings is 1. The Hall–Kier alpha value is -1.89. The summed E-state index contributed by atoms with van der Waals surface area (Å²) in [6, 6.07) is 5.82. The lowest BCUT2D eigenvalue weighted by Gasteiger charge is -2.06. The lowest BCUT2D eigenvalue weighted by Crippen LogP contribution is -2.14. The van der Waals surface area contributed by atoms with E-state index in [0.29, 0.717) is 15.7 Å². The predicted molar refractivity (Wildman–Crippen MR) is 84.9 cm³/mol. The molecule has 0 spiro atoms. The molecule has 0 atom stereocenters. The summed E-state index contributed by atoms with van der Waals surface area (Å²) in [6.45, 7) is -0.110. The highest BCUT2D eigenvalue weighted by atomic mass is 35.5. The molecule has 112 valence electrons. The van der Waals surface area contributed by atoms with Crippen LogP contribution in [0, 0.1) is 0 Å². The Morgan fingerprint density at radius 2 is 2.14 bits per heavy atom. The summed E-state index contributed by atoms with van der Waals surface area (Å²) in [5.41, 5.74) is 0.368. The zero-order chi connectivity index (χ0) is 15.7. The minimum atomic E-state index is -0.602. The first-order chi connectivity index (χ1) is 10.5. The lowest BCUT2D eigenvalue weighted by atomic mass is 10.2. The molecule has 0 saturated carbocycles. The smallest absolute Gasteiger partial charge is 0.340 e. The average molecular weight is 355 g/mol. The second-order valence-corrected chi connectivity index (χ2v) is 6.06. The molecule has 2 aromatic heterocycles. The van der Waals surface area contributed by atoms with E-state index in [1.54, 1.807) is 17.6 Å². The summed E-state index contributed by atoms with van der Waals surface area (Å²) in [6.07, 6.45) is 1.64. The zero-order valence-corrected chi connectivity index (χ0v) is 13.3. The van der Waals surface area contributed by atoms with Gasteiger partial charge in [0.15, 0.2) is 4.96 Å². The van der Waals surface area contributed by atoms with E-state index in [9.17, 15) is 9.59 Å². The average Bonchev–Trinajstić information content (AvgIpc) is 2.93. The SMILES string of the molecule is O=C(OCc1cc(=O)n2ccsc2n1)c1ccc(Cl)cc1Cl. The van der Waals surface area contributed by atoms with Gasteiger partial charge in [-0.3, -0.25) is 9.20 Å². The minimum Gasteiger partial charge on any atom is -0.456 e. The highest BCUT2D eigenvalue weighted by Gasteiger charge is 2.13. The molecular formula is C14H8Cl2N2O3S. The molecule has 0 aliphatic carbocycles. The predicted octanol–water partition coefficient (Wildman–Crippen LogP) is 3.42. The van der Waals surface area contributed by atoms with E-state index in [-0.39, 0.29) is 22.8 Å². The van der Waals surface area contributed by atoms with Crippen LogP contribution in [-0.2, 0) is 11.3 Å². The van der Waals surface area contributed by atoms with Crippen molar-refractivity contribution in [2.45, 2.75) is 6.61 Å². The molecule has 3 aromatic rings. The number of hydrogen-bond donors (Lipinski definition) is 0. The topological polar surface area (TPSA) is 60.7 Å². The van der Waals surface area contributed by atoms with Gasteiger partial charge >= 0.3 is 5.97 Å². The first kappa shape index (κ1) is 15.0. The molecule has 0 aliphatic rings. The van der Waals surface area contributed by atoms with Crippen molar-refractivity contribution in [3.63, 3.8) is 0 Å². The number of esters is 1. The molecule has 22 heavy (non-hydrogen) atoms. The van der Waals surface area contributed by atoms with Gasteiger partial charge < -0.3 is 4.74 Å². The Morgan fingerprint density at radius 1 is 1.32 bits per heavy atom. The third-order valence-electron chi connectivity index (χ3n) is 2.86. The van der Waals surface area contributed by atoms with E-state index in [1.807, 2.05) is 0 Å². The molecule has 3 rings (SSSR count). The Labute approximate surface area is 138 Å². The molecule has 0 bridgehead atoms. The van der Waals surface area contributed by atoms with Gasteiger partial charge in [-0.2, -0.15) is 0 Å². The second-order valence-electron chi connectivity index (χ2n) is 4.34. The molecule has 2 heterocycles. The highest BCUT2D eigenvalue weighted by Crippen LogP contribution is 2.22. The van der Waals surface area contributed by atoms with Crippen molar-refractivity contribution < 1.29 is 9.53 Å². The van der Waals surface area contributed by atoms with E-state index < -0.39 is 5.97 Å². The van der Waals surface area contributed by atoms with E-state index in [0.717, 1.165) is 0 Å². The van der Waals surface area contributed by atoms with Gasteiger partial charge in [0.1, 0.15) is 6.61 Å². The van der Waals surface area contributed by atoms with Crippen molar-refractivity contribution in [1.29, 1.82) is 0 Å². The van der Waals surface area contributed by atoms with Gasteiger partial charge in [-0.25, -0.2) is 9.78 Å². The first-order valence-electron chi connectivity index (χ1n) is 6.12. The summed E-state index contributed by atoms with van der Waals surface area (Å²) in [5, 5.41) is 2.39. The van der Waals surface area contributed by atoms with Crippen LogP contribution in [0.3, 0.4) is 0 Å². The largest absolute Gasteiger partial charge is 0.456 e. The third-order valence-corrected chi connectivity index (χ3v) is 4.16. The van der Waals surface area contributed by atoms with Crippen LogP contribution in [0.1, 0.15) is 16.1 Å². The molecule has 0 fully saturated rings. The Balaban J connectivity index is 1.78. The second kappa shape index (κ2) is 6.08. The Kier molecular flexibility index (Phi) is 4.15. The number of nitrogens with zero attached hydrogens (tertiary/aromatic N) is 2. The quantitative estimate of drug-likeness (QED) is 0.676. The van der Waals surface area contributed by atoms with Crippen LogP contribution >= 0.6 is 34.5 Å². The molecule has 0 aliphatic heterocycles. The Morgan fingerprint density at radius 3 is 2.91 bits per heavy atom. The van der Waals surface area contributed by atoms with Crippen LogP contribution in [0.2, 0.25) is 10.0 Å². The fourth-order valence-electron chi connectivity index (χ4n) is 1.83. The van der Waals surface area contributed by atoms with Gasteiger partial charge in [0.05, 0.1) is 16.3 Å². The Bertz CT molecular complexity index is 920. The van der Waals surface area contributed by atoms with Gasteiger partial charge in [0.2, 0.25) is 0 Å². The third kappa shape index (κ3) is 2.99. The number of rotatable bonds is 3. The summed E-state index contributed by atoms with van der Waals surface area (Å²) in [7, 11) is 0. The molecule has 5 nitrogen and oxygen atoms in total. The number of halogens is 2. The van der Waals surface area contributed by atoms with Gasteiger partial charge in [-0.15, -0.1) is 11.3 Å². The van der Waals surface area contributed by atoms with Crippen molar-refractivity contribution in [3.8, 4) is 0 Å². The van der Waals surface area contributed by atoms with Crippen LogP contribution in [0.25, 0.3) is 4.96 Å². The number of benzene rings is 1. The molecule has 0 N–H and O–H groups in total. The van der Waals surface area contributed by atoms with Gasteiger partial charge in [-0.1, -0.05) is 23.2 Å². The van der Waals surface area contributed by atoms with Gasteiger partial charge in [0, 0.05) is 22.7 Å². The number of carbonyl (C=O) groups is 1. The molecule has 0 unspecified atom stereocenters. The maximum absolute atomic E-state index is 12.0. The van der Waals surface area contributed by atoms with Gasteiger partial charge in [-0.05, 0) is 18.2 Å². The maximum Gasteiger partial charge on any atom is 0.340 e. The first-order valence-corrected chi connectivity index (χ1v) is 7.76. The molecule has 0 radical (unpaired) electrons. The number of hydrogen-bond acceptors (Lipinski definition) is 5. The molecular weight excluding hydrogens is 347 g/mol. The molecule has 8 heteroatoms. The van der Waals surface area contributed by atoms with Crippen LogP contribution in [0.4, 0.5) is 0 Å². The fourth-order valence-corrected chi connectivity index (χ4v) is 3.06. The molecule has 1 aromatic carbocycles. The van der Waals surface area contributed by atoms with Gasteiger partial charge in [0.25, 0.3) is 5.56 Å². The number of ether oxygens (including phenoxy) is 1. The zero-order valence-electron chi connectivity index (χ0n) is 11.0. The minimum absolute atomic E-state index is 0.110. The van der Waals surface area contributed by atoms with Crippen molar-refractivity contribution in [2.75, 3.05) is 0 Å². The monoisotopic (exact) mass is 354 g/mol. The van der Waals surface area contributed by atoms with Crippen LogP contribution < -0.4 is 5.56 Å². The van der Waals surface area contributed by atoms with Crippen molar-refractivity contribution >= 4 is 45.5 Å². The fraction of sp³-hybridized carbons (Fsp3) is 0.0714. The van der Waals surface area contributed by atoms with Crippen molar-refractivity contribution in [1.82, 2.24) is 9.38 Å². The number of carbonyl (C=O) groups excluding carboxylic acids is 1. The molecule has 0 saturated heterocycles. The summed E-state index contributed by atoms with van der Waals surface area (Å²) in [4.78, 5) is 28.6. The van der Waals surface area contributed by atoms with Crippen molar-refractivity contribution in [3.05, 3.63) is 67.5 Å². The van der Waals surface area contributed by atoms with E-state index in [1.165, 1.54) is 33.9 Å². The normalized spacial score (nSPS) is 10.8. The highest BCUT2D eigenvalue weighted by molar-refractivity contribution is 7.15. The van der Waals surface area contributed by atoms with Crippen molar-refractivity contribution in [2.24, 2.45) is 0 Å². The maximum atomic E-state index is 12.0. The summed E-state index contributed by atoms with van der Waals surface area (Å²) in [5.74, 6) is -0.602. The van der Waals surface area contributed by atoms with E-state index in [4.69, 9.17) is 27.9 Å². The van der Waals surface area contributed by atoms with Crippen LogP contribution in [0.5, 0.6) is 0 Å². The summed E-state index contributed by atoms with van der Waals surface area (Å²) >= 11 is 13.0. The summed E-state index contributed by atoms with van der Waals surface area (Å²) < 4.78 is 6.57. The lowest BCUT2D eigenvalue weighted by molar-refractivity contribution is 0.0468. The number of fused-ring (bicyclic) bond motifs is 1. The van der Waals surface area contributed by atoms with E-state index in [2.05, 4.69) is 4.98 Å². The van der Waals surface area contributed by atoms with E-state index >= 15 is 0 Å². The number of aromatic nitrogens is 2. The molecule has 0 amide bonds. The van der Waals surface area contributed by atoms with Crippen LogP contribution in [0.15, 0.2) is 40.6 Å². The van der Waals surface area contributed by atoms with Crippen LogP contribution in [-0.4, -0.2) is 15.4 Å². The standard InChI is InChI=1S/C14H8Cl2N2O3S/c15-8-1-2-10(11(16)5-8)13(20)21-7-9-6-12(19)18-3-4-22-14(18)17-9/h1-6H,7H2.